The Bertz CT molecular complexity index is 767. The second-order valence-corrected chi connectivity index (χ2v) is 7.27. The van der Waals surface area contributed by atoms with E-state index in [2.05, 4.69) is 34.8 Å². The Morgan fingerprint density at radius 1 is 1.26 bits per heavy atom. The van der Waals surface area contributed by atoms with Gasteiger partial charge in [-0.1, -0.05) is 29.8 Å². The lowest BCUT2D eigenvalue weighted by atomic mass is 9.74. The van der Waals surface area contributed by atoms with Gasteiger partial charge in [0.25, 0.3) is 0 Å². The molecule has 1 aliphatic heterocycles. The number of guanidine groups is 1. The van der Waals surface area contributed by atoms with Gasteiger partial charge in [-0.3, -0.25) is 4.68 Å². The molecule has 0 atom stereocenters. The minimum absolute atomic E-state index is 0.0562. The molecule has 3 rings (SSSR count). The van der Waals surface area contributed by atoms with E-state index < -0.39 is 0 Å². The van der Waals surface area contributed by atoms with E-state index in [4.69, 9.17) is 21.3 Å². The van der Waals surface area contributed by atoms with Crippen molar-refractivity contribution in [3.05, 3.63) is 52.8 Å². The van der Waals surface area contributed by atoms with Crippen molar-refractivity contribution in [1.82, 2.24) is 20.4 Å². The van der Waals surface area contributed by atoms with Crippen LogP contribution in [0.3, 0.4) is 0 Å². The van der Waals surface area contributed by atoms with E-state index in [1.54, 1.807) is 6.20 Å². The number of rotatable bonds is 6. The third kappa shape index (κ3) is 4.82. The van der Waals surface area contributed by atoms with Crippen LogP contribution >= 0.6 is 11.6 Å². The number of aromatic nitrogens is 2. The topological polar surface area (TPSA) is 63.5 Å². The first kappa shape index (κ1) is 19.7. The molecule has 0 bridgehead atoms. The molecule has 0 saturated carbocycles. The number of nitrogens with one attached hydrogen (secondary N) is 2. The van der Waals surface area contributed by atoms with Gasteiger partial charge in [-0.25, -0.2) is 4.99 Å². The molecule has 7 heteroatoms. The van der Waals surface area contributed by atoms with Gasteiger partial charge in [0, 0.05) is 50.0 Å². The highest BCUT2D eigenvalue weighted by Crippen LogP contribution is 2.38. The molecule has 27 heavy (non-hydrogen) atoms. The zero-order chi connectivity index (χ0) is 19.1. The first-order valence-corrected chi connectivity index (χ1v) is 9.84. The van der Waals surface area contributed by atoms with Gasteiger partial charge in [-0.2, -0.15) is 5.10 Å². The number of benzene rings is 1. The Kier molecular flexibility index (Phi) is 6.74. The SMILES string of the molecule is CCNC(=NCc1ccnn1C)NCC1(c2ccccc2Cl)CCOCC1. The van der Waals surface area contributed by atoms with Gasteiger partial charge in [-0.15, -0.1) is 0 Å². The highest BCUT2D eigenvalue weighted by atomic mass is 35.5. The smallest absolute Gasteiger partial charge is 0.191 e. The highest BCUT2D eigenvalue weighted by molar-refractivity contribution is 6.31. The van der Waals surface area contributed by atoms with Crippen LogP contribution in [0.15, 0.2) is 41.5 Å². The normalized spacial score (nSPS) is 16.9. The number of hydrogen-bond donors (Lipinski definition) is 2. The maximum Gasteiger partial charge on any atom is 0.191 e. The quantitative estimate of drug-likeness (QED) is 0.589. The summed E-state index contributed by atoms with van der Waals surface area (Å²) in [6.45, 7) is 5.70. The maximum absolute atomic E-state index is 6.55. The lowest BCUT2D eigenvalue weighted by Gasteiger charge is -2.38. The summed E-state index contributed by atoms with van der Waals surface area (Å²) >= 11 is 6.55. The summed E-state index contributed by atoms with van der Waals surface area (Å²) in [5.74, 6) is 0.802. The molecule has 2 aromatic rings. The highest BCUT2D eigenvalue weighted by Gasteiger charge is 2.36. The molecular formula is C20H28ClN5O. The maximum atomic E-state index is 6.55. The summed E-state index contributed by atoms with van der Waals surface area (Å²) in [7, 11) is 1.93. The molecule has 146 valence electrons. The molecule has 1 aliphatic rings. The number of aliphatic imine (C=N–C) groups is 1. The average Bonchev–Trinajstić information content (AvgIpc) is 3.10. The molecule has 1 saturated heterocycles. The molecule has 0 spiro atoms. The van der Waals surface area contributed by atoms with Crippen LogP contribution in [0.2, 0.25) is 5.02 Å². The predicted molar refractivity (Wildman–Crippen MR) is 109 cm³/mol. The van der Waals surface area contributed by atoms with Crippen molar-refractivity contribution in [3.8, 4) is 0 Å². The second-order valence-electron chi connectivity index (χ2n) is 6.87. The van der Waals surface area contributed by atoms with E-state index in [1.807, 2.05) is 29.9 Å². The van der Waals surface area contributed by atoms with Crippen LogP contribution in [0, 0.1) is 0 Å². The summed E-state index contributed by atoms with van der Waals surface area (Å²) in [5.41, 5.74) is 2.20. The predicted octanol–water partition coefficient (Wildman–Crippen LogP) is 2.88. The van der Waals surface area contributed by atoms with Gasteiger partial charge < -0.3 is 15.4 Å². The van der Waals surface area contributed by atoms with Crippen molar-refractivity contribution in [2.75, 3.05) is 26.3 Å². The minimum Gasteiger partial charge on any atom is -0.381 e. The number of halogens is 1. The first-order chi connectivity index (χ1) is 13.1. The lowest BCUT2D eigenvalue weighted by molar-refractivity contribution is 0.0514. The molecule has 1 aromatic carbocycles. The van der Waals surface area contributed by atoms with E-state index in [0.717, 1.165) is 55.8 Å². The van der Waals surface area contributed by atoms with Crippen molar-refractivity contribution in [3.63, 3.8) is 0 Å². The average molecular weight is 390 g/mol. The van der Waals surface area contributed by atoms with Gasteiger partial charge in [0.05, 0.1) is 12.2 Å². The van der Waals surface area contributed by atoms with Crippen LogP contribution in [-0.4, -0.2) is 42.0 Å². The first-order valence-electron chi connectivity index (χ1n) is 9.46. The molecule has 6 nitrogen and oxygen atoms in total. The van der Waals surface area contributed by atoms with Crippen LogP contribution in [0.1, 0.15) is 31.0 Å². The Morgan fingerprint density at radius 3 is 2.70 bits per heavy atom. The van der Waals surface area contributed by atoms with E-state index in [-0.39, 0.29) is 5.41 Å². The van der Waals surface area contributed by atoms with Crippen LogP contribution in [0.4, 0.5) is 0 Å². The molecule has 1 aromatic heterocycles. The second kappa shape index (κ2) is 9.24. The molecule has 2 N–H and O–H groups in total. The number of aryl methyl sites for hydroxylation is 1. The fourth-order valence-corrected chi connectivity index (χ4v) is 3.84. The number of hydrogen-bond acceptors (Lipinski definition) is 3. The number of ether oxygens (including phenoxy) is 1. The van der Waals surface area contributed by atoms with Crippen molar-refractivity contribution in [2.24, 2.45) is 12.0 Å². The van der Waals surface area contributed by atoms with E-state index >= 15 is 0 Å². The molecule has 0 unspecified atom stereocenters. The van der Waals surface area contributed by atoms with Crippen LogP contribution in [-0.2, 0) is 23.7 Å². The molecule has 1 fully saturated rings. The van der Waals surface area contributed by atoms with Gasteiger partial charge in [-0.05, 0) is 37.5 Å². The molecular weight excluding hydrogens is 362 g/mol. The van der Waals surface area contributed by atoms with E-state index in [9.17, 15) is 0 Å². The molecule has 0 aliphatic carbocycles. The monoisotopic (exact) mass is 389 g/mol. The van der Waals surface area contributed by atoms with Gasteiger partial charge in [0.2, 0.25) is 0 Å². The Morgan fingerprint density at radius 2 is 2.04 bits per heavy atom. The van der Waals surface area contributed by atoms with Crippen LogP contribution < -0.4 is 10.6 Å². The van der Waals surface area contributed by atoms with Crippen molar-refractivity contribution >= 4 is 17.6 Å². The van der Waals surface area contributed by atoms with Gasteiger partial charge >= 0.3 is 0 Å². The van der Waals surface area contributed by atoms with Crippen molar-refractivity contribution < 1.29 is 4.74 Å². The largest absolute Gasteiger partial charge is 0.381 e. The van der Waals surface area contributed by atoms with Crippen molar-refractivity contribution in [2.45, 2.75) is 31.7 Å². The summed E-state index contributed by atoms with van der Waals surface area (Å²) in [5, 5.41) is 11.9. The Labute approximate surface area is 166 Å². The Balaban J connectivity index is 1.76. The fraction of sp³-hybridized carbons (Fsp3) is 0.500. The fourth-order valence-electron chi connectivity index (χ4n) is 3.51. The third-order valence-electron chi connectivity index (χ3n) is 5.16. The standard InChI is InChI=1S/C20H28ClN5O/c1-3-22-19(23-14-16-8-11-25-26(16)2)24-15-20(9-12-27-13-10-20)17-6-4-5-7-18(17)21/h4-8,11H,3,9-10,12-15H2,1-2H3,(H2,22,23,24). The summed E-state index contributed by atoms with van der Waals surface area (Å²) in [4.78, 5) is 4.72. The summed E-state index contributed by atoms with van der Waals surface area (Å²) in [6.07, 6.45) is 3.66. The Hall–Kier alpha value is -2.05. The van der Waals surface area contributed by atoms with Crippen LogP contribution in [0.5, 0.6) is 0 Å². The van der Waals surface area contributed by atoms with Crippen LogP contribution in [0.25, 0.3) is 0 Å². The number of nitrogens with zero attached hydrogens (tertiary/aromatic N) is 3. The summed E-state index contributed by atoms with van der Waals surface area (Å²) in [6, 6.07) is 10.1. The minimum atomic E-state index is -0.0562. The zero-order valence-electron chi connectivity index (χ0n) is 16.0. The molecule has 0 amide bonds. The van der Waals surface area contributed by atoms with E-state index in [0.29, 0.717) is 6.54 Å². The van der Waals surface area contributed by atoms with E-state index in [1.165, 1.54) is 5.56 Å². The lowest BCUT2D eigenvalue weighted by Crippen LogP contribution is -2.48. The molecule has 2 heterocycles. The van der Waals surface area contributed by atoms with Crippen molar-refractivity contribution in [1.29, 1.82) is 0 Å². The van der Waals surface area contributed by atoms with Gasteiger partial charge in [0.1, 0.15) is 0 Å². The summed E-state index contributed by atoms with van der Waals surface area (Å²) < 4.78 is 7.47. The molecule has 0 radical (unpaired) electrons. The van der Waals surface area contributed by atoms with Gasteiger partial charge in [0.15, 0.2) is 5.96 Å². The zero-order valence-corrected chi connectivity index (χ0v) is 16.8. The third-order valence-corrected chi connectivity index (χ3v) is 5.48.